The van der Waals surface area contributed by atoms with E-state index < -0.39 is 4.92 Å². The van der Waals surface area contributed by atoms with Crippen LogP contribution in [0.15, 0.2) is 18.2 Å². The number of alkyl halides is 1. The summed E-state index contributed by atoms with van der Waals surface area (Å²) in [6.45, 7) is 3.73. The Bertz CT molecular complexity index is 477. The third kappa shape index (κ3) is 4.63. The highest BCUT2D eigenvalue weighted by molar-refractivity contribution is 9.09. The Labute approximate surface area is 120 Å². The second kappa shape index (κ2) is 7.23. The van der Waals surface area contributed by atoms with Crippen LogP contribution in [-0.2, 0) is 0 Å². The van der Waals surface area contributed by atoms with Crippen LogP contribution >= 0.6 is 15.9 Å². The second-order valence-corrected chi connectivity index (χ2v) is 5.16. The Morgan fingerprint density at radius 1 is 1.47 bits per heavy atom. The fraction of sp³-hybridized carbons (Fsp3) is 0.462. The number of hydrogen-bond acceptors (Lipinski definition) is 3. The molecule has 0 aliphatic rings. The van der Waals surface area contributed by atoms with Gasteiger partial charge in [-0.05, 0) is 31.4 Å². The van der Waals surface area contributed by atoms with Crippen LogP contribution < -0.4 is 5.32 Å². The fourth-order valence-corrected chi connectivity index (χ4v) is 2.33. The zero-order chi connectivity index (χ0) is 14.4. The minimum atomic E-state index is -0.487. The van der Waals surface area contributed by atoms with Gasteiger partial charge in [-0.1, -0.05) is 22.9 Å². The molecule has 1 amide bonds. The molecule has 5 nitrogen and oxygen atoms in total. The molecule has 1 aromatic rings. The number of non-ortho nitro benzene ring substituents is 1. The number of benzene rings is 1. The van der Waals surface area contributed by atoms with E-state index in [1.807, 2.05) is 6.92 Å². The standard InChI is InChI=1S/C13H17BrN2O3/c1-3-11(4-5-14)15-13(17)10-6-9(2)7-12(8-10)16(18)19/h6-8,11H,3-5H2,1-2H3,(H,15,17). The van der Waals surface area contributed by atoms with Crippen LogP contribution in [0, 0.1) is 17.0 Å². The average Bonchev–Trinajstić information content (AvgIpc) is 2.37. The van der Waals surface area contributed by atoms with Crippen molar-refractivity contribution in [1.29, 1.82) is 0 Å². The highest BCUT2D eigenvalue weighted by atomic mass is 79.9. The van der Waals surface area contributed by atoms with Gasteiger partial charge in [0.2, 0.25) is 0 Å². The summed E-state index contributed by atoms with van der Waals surface area (Å²) in [5.74, 6) is -0.264. The summed E-state index contributed by atoms with van der Waals surface area (Å²) in [7, 11) is 0. The van der Waals surface area contributed by atoms with Crippen LogP contribution in [0.5, 0.6) is 0 Å². The number of rotatable bonds is 6. The molecule has 19 heavy (non-hydrogen) atoms. The van der Waals surface area contributed by atoms with Gasteiger partial charge in [0.1, 0.15) is 0 Å². The summed E-state index contributed by atoms with van der Waals surface area (Å²) in [5.41, 5.74) is 0.978. The summed E-state index contributed by atoms with van der Waals surface area (Å²) in [6, 6.07) is 4.49. The topological polar surface area (TPSA) is 72.2 Å². The highest BCUT2D eigenvalue weighted by Gasteiger charge is 2.15. The van der Waals surface area contributed by atoms with Gasteiger partial charge in [-0.2, -0.15) is 0 Å². The Morgan fingerprint density at radius 2 is 2.16 bits per heavy atom. The molecular weight excluding hydrogens is 312 g/mol. The van der Waals surface area contributed by atoms with Gasteiger partial charge in [0.05, 0.1) is 4.92 Å². The van der Waals surface area contributed by atoms with E-state index in [0.29, 0.717) is 11.1 Å². The SMILES string of the molecule is CCC(CCBr)NC(=O)c1cc(C)cc([N+](=O)[O-])c1. The number of carbonyl (C=O) groups excluding carboxylic acids is 1. The maximum absolute atomic E-state index is 12.1. The lowest BCUT2D eigenvalue weighted by Crippen LogP contribution is -2.34. The van der Waals surface area contributed by atoms with Gasteiger partial charge in [0.25, 0.3) is 11.6 Å². The first-order valence-corrected chi connectivity index (χ1v) is 7.23. The van der Waals surface area contributed by atoms with E-state index in [1.54, 1.807) is 13.0 Å². The molecule has 0 radical (unpaired) electrons. The number of nitro groups is 1. The lowest BCUT2D eigenvalue weighted by Gasteiger charge is -2.15. The first kappa shape index (κ1) is 15.6. The van der Waals surface area contributed by atoms with E-state index in [-0.39, 0.29) is 17.6 Å². The lowest BCUT2D eigenvalue weighted by molar-refractivity contribution is -0.384. The first-order chi connectivity index (χ1) is 8.97. The smallest absolute Gasteiger partial charge is 0.270 e. The number of carbonyl (C=O) groups is 1. The number of nitro benzene ring substituents is 1. The highest BCUT2D eigenvalue weighted by Crippen LogP contribution is 2.17. The molecule has 104 valence electrons. The van der Waals surface area contributed by atoms with Crippen molar-refractivity contribution in [2.24, 2.45) is 0 Å². The molecule has 1 unspecified atom stereocenters. The Kier molecular flexibility index (Phi) is 5.95. The zero-order valence-corrected chi connectivity index (χ0v) is 12.6. The molecular formula is C13H17BrN2O3. The molecule has 0 bridgehead atoms. The van der Waals surface area contributed by atoms with Gasteiger partial charge < -0.3 is 5.32 Å². The van der Waals surface area contributed by atoms with Crippen LogP contribution in [0.4, 0.5) is 5.69 Å². The van der Waals surface area contributed by atoms with Crippen LogP contribution in [0.1, 0.15) is 35.7 Å². The molecule has 0 heterocycles. The van der Waals surface area contributed by atoms with Gasteiger partial charge in [-0.25, -0.2) is 0 Å². The Balaban J connectivity index is 2.90. The zero-order valence-electron chi connectivity index (χ0n) is 11.0. The number of hydrogen-bond donors (Lipinski definition) is 1. The molecule has 1 rings (SSSR count). The third-order valence-electron chi connectivity index (χ3n) is 2.82. The van der Waals surface area contributed by atoms with Crippen LogP contribution in [-0.4, -0.2) is 22.2 Å². The van der Waals surface area contributed by atoms with Crippen LogP contribution in [0.2, 0.25) is 0 Å². The fourth-order valence-electron chi connectivity index (χ4n) is 1.78. The van der Waals surface area contributed by atoms with Crippen molar-refractivity contribution >= 4 is 27.5 Å². The van der Waals surface area contributed by atoms with E-state index in [1.165, 1.54) is 12.1 Å². The van der Waals surface area contributed by atoms with Crippen molar-refractivity contribution in [3.63, 3.8) is 0 Å². The number of nitrogens with one attached hydrogen (secondary N) is 1. The average molecular weight is 329 g/mol. The molecule has 1 atom stereocenters. The molecule has 6 heteroatoms. The van der Waals surface area contributed by atoms with Gasteiger partial charge in [0, 0.05) is 29.1 Å². The van der Waals surface area contributed by atoms with Crippen molar-refractivity contribution in [1.82, 2.24) is 5.32 Å². The molecule has 0 saturated carbocycles. The van der Waals surface area contributed by atoms with Crippen molar-refractivity contribution in [2.45, 2.75) is 32.7 Å². The van der Waals surface area contributed by atoms with Crippen molar-refractivity contribution in [3.05, 3.63) is 39.4 Å². The summed E-state index contributed by atoms with van der Waals surface area (Å²) in [5, 5.41) is 14.5. The molecule has 0 aliphatic carbocycles. The van der Waals surface area contributed by atoms with Gasteiger partial charge in [0.15, 0.2) is 0 Å². The maximum atomic E-state index is 12.1. The monoisotopic (exact) mass is 328 g/mol. The number of amides is 1. The Morgan fingerprint density at radius 3 is 2.68 bits per heavy atom. The van der Waals surface area contributed by atoms with Crippen molar-refractivity contribution in [2.75, 3.05) is 5.33 Å². The number of nitrogens with zero attached hydrogens (tertiary/aromatic N) is 1. The molecule has 0 fully saturated rings. The maximum Gasteiger partial charge on any atom is 0.270 e. The number of aryl methyl sites for hydroxylation is 1. The van der Waals surface area contributed by atoms with E-state index >= 15 is 0 Å². The van der Waals surface area contributed by atoms with Gasteiger partial charge in [-0.15, -0.1) is 0 Å². The quantitative estimate of drug-likeness (QED) is 0.495. The molecule has 1 aromatic carbocycles. The summed E-state index contributed by atoms with van der Waals surface area (Å²) in [4.78, 5) is 22.4. The van der Waals surface area contributed by atoms with Crippen molar-refractivity contribution < 1.29 is 9.72 Å². The van der Waals surface area contributed by atoms with Crippen LogP contribution in [0.3, 0.4) is 0 Å². The summed E-state index contributed by atoms with van der Waals surface area (Å²) >= 11 is 3.34. The third-order valence-corrected chi connectivity index (χ3v) is 3.28. The van der Waals surface area contributed by atoms with E-state index in [4.69, 9.17) is 0 Å². The minimum Gasteiger partial charge on any atom is -0.349 e. The van der Waals surface area contributed by atoms with Crippen LogP contribution in [0.25, 0.3) is 0 Å². The normalized spacial score (nSPS) is 11.9. The van der Waals surface area contributed by atoms with E-state index in [2.05, 4.69) is 21.2 Å². The number of halogens is 1. The molecule has 1 N–H and O–H groups in total. The van der Waals surface area contributed by atoms with Crippen molar-refractivity contribution in [3.8, 4) is 0 Å². The summed E-state index contributed by atoms with van der Waals surface area (Å²) < 4.78 is 0. The van der Waals surface area contributed by atoms with Gasteiger partial charge in [-0.3, -0.25) is 14.9 Å². The molecule has 0 saturated heterocycles. The van der Waals surface area contributed by atoms with Gasteiger partial charge >= 0.3 is 0 Å². The largest absolute Gasteiger partial charge is 0.349 e. The lowest BCUT2D eigenvalue weighted by atomic mass is 10.1. The van der Waals surface area contributed by atoms with E-state index in [9.17, 15) is 14.9 Å². The minimum absolute atomic E-state index is 0.0568. The first-order valence-electron chi connectivity index (χ1n) is 6.10. The Hall–Kier alpha value is -1.43. The molecule has 0 aliphatic heterocycles. The summed E-state index contributed by atoms with van der Waals surface area (Å²) in [6.07, 6.45) is 1.65. The second-order valence-electron chi connectivity index (χ2n) is 4.37. The predicted octanol–water partition coefficient (Wildman–Crippen LogP) is 3.20. The predicted molar refractivity (Wildman–Crippen MR) is 77.8 cm³/mol. The van der Waals surface area contributed by atoms with E-state index in [0.717, 1.165) is 18.2 Å². The molecule has 0 spiro atoms. The molecule has 0 aromatic heterocycles.